The van der Waals surface area contributed by atoms with Crippen LogP contribution in [-0.2, 0) is 4.74 Å². The average Bonchev–Trinajstić information content (AvgIpc) is 2.74. The minimum Gasteiger partial charge on any atom is -0.508 e. The van der Waals surface area contributed by atoms with Gasteiger partial charge in [0.15, 0.2) is 6.79 Å². The van der Waals surface area contributed by atoms with E-state index in [4.69, 9.17) is 22.8 Å². The topological polar surface area (TPSA) is 103 Å². The first-order valence-electron chi connectivity index (χ1n) is 11.2. The van der Waals surface area contributed by atoms with Crippen LogP contribution in [0, 0.1) is 0 Å². The number of hydrogen-bond acceptors (Lipinski definition) is 7. The van der Waals surface area contributed by atoms with Gasteiger partial charge in [0, 0.05) is 28.4 Å². The van der Waals surface area contributed by atoms with Crippen molar-refractivity contribution in [3.05, 3.63) is 59.7 Å². The molecule has 0 aliphatic carbocycles. The Labute approximate surface area is 169 Å². The van der Waals surface area contributed by atoms with E-state index in [-0.39, 0.29) is 25.6 Å². The third kappa shape index (κ3) is 8.85. The predicted octanol–water partition coefficient (Wildman–Crippen LogP) is 1.57. The molecule has 5 N–H and O–H groups in total. The van der Waals surface area contributed by atoms with Crippen LogP contribution in [0.15, 0.2) is 48.5 Å². The molecule has 7 heteroatoms. The molecule has 0 amide bonds. The number of aromatic hydroxyl groups is 1. The van der Waals surface area contributed by atoms with E-state index in [0.717, 1.165) is 0 Å². The molecule has 0 aliphatic rings. The Morgan fingerprint density at radius 2 is 1.56 bits per heavy atom. The number of phenolic OH excluding ortho intramolecular Hbond substituents is 1. The van der Waals surface area contributed by atoms with Crippen molar-refractivity contribution in [3.63, 3.8) is 0 Å². The summed E-state index contributed by atoms with van der Waals surface area (Å²) < 4.78 is 51.6. The summed E-state index contributed by atoms with van der Waals surface area (Å²) in [7, 11) is 1.51. The quantitative estimate of drug-likeness (QED) is 0.418. The number of ether oxygens (including phenoxy) is 2. The van der Waals surface area contributed by atoms with Crippen molar-refractivity contribution in [1.29, 1.82) is 0 Å². The Bertz CT molecular complexity index is 835. The molecule has 0 radical (unpaired) electrons. The number of hydrogen-bond donors (Lipinski definition) is 5. The van der Waals surface area contributed by atoms with Gasteiger partial charge in [-0.3, -0.25) is 0 Å². The Morgan fingerprint density at radius 1 is 0.963 bits per heavy atom. The number of nitrogens with one attached hydrogen (secondary N) is 2. The molecule has 0 spiro atoms. The van der Waals surface area contributed by atoms with Gasteiger partial charge in [-0.2, -0.15) is 0 Å². The number of phenols is 1. The summed E-state index contributed by atoms with van der Waals surface area (Å²) in [6.07, 6.45) is -1.85. The van der Waals surface area contributed by atoms with E-state index in [9.17, 15) is 10.2 Å². The highest BCUT2D eigenvalue weighted by Crippen LogP contribution is 2.19. The highest BCUT2D eigenvalue weighted by Gasteiger charge is 2.07. The Hall–Kier alpha value is -2.16. The van der Waals surface area contributed by atoms with Gasteiger partial charge in [-0.25, -0.2) is 0 Å². The predicted molar refractivity (Wildman–Crippen MR) is 105 cm³/mol. The fourth-order valence-electron chi connectivity index (χ4n) is 2.10. The fourth-order valence-corrected chi connectivity index (χ4v) is 2.10. The van der Waals surface area contributed by atoms with Gasteiger partial charge in [0.05, 0.1) is 12.2 Å². The SMILES string of the molecule is [2H]C([2H])([2H])NCC(O)c1cccc(O)c1.[2H]C([2H])([2H])NCC(O)c1cccc(OCOC)c1. The van der Waals surface area contributed by atoms with Gasteiger partial charge in [0.25, 0.3) is 0 Å². The standard InChI is InChI=1S/C11H17NO3.C9H13NO2/c1-12-7-11(13)9-4-3-5-10(6-9)15-8-14-2;1-10-6-9(12)7-3-2-4-8(11)5-7/h3-6,11-13H,7-8H2,1-2H3;2-5,9-12H,6H2,1H3/i2*1D3. The van der Waals surface area contributed by atoms with E-state index in [1.54, 1.807) is 36.4 Å². The fraction of sp³-hybridized carbons (Fsp3) is 0.400. The molecular formula is C20H30N2O5. The van der Waals surface area contributed by atoms with Crippen molar-refractivity contribution < 1.29 is 33.0 Å². The maximum atomic E-state index is 9.83. The van der Waals surface area contributed by atoms with Gasteiger partial charge < -0.3 is 35.4 Å². The minimum atomic E-state index is -2.27. The van der Waals surface area contributed by atoms with E-state index in [1.807, 2.05) is 0 Å². The zero-order valence-electron chi connectivity index (χ0n) is 21.1. The molecule has 2 aromatic rings. The first-order chi connectivity index (χ1) is 15.3. The second-order valence-electron chi connectivity index (χ2n) is 5.51. The van der Waals surface area contributed by atoms with E-state index < -0.39 is 26.2 Å². The molecule has 150 valence electrons. The lowest BCUT2D eigenvalue weighted by Crippen LogP contribution is -2.16. The highest BCUT2D eigenvalue weighted by atomic mass is 16.7. The van der Waals surface area contributed by atoms with Crippen molar-refractivity contribution in [2.24, 2.45) is 0 Å². The molecule has 0 bridgehead atoms. The summed E-state index contributed by atoms with van der Waals surface area (Å²) in [6.45, 7) is -4.54. The van der Waals surface area contributed by atoms with Crippen molar-refractivity contribution in [2.45, 2.75) is 12.2 Å². The van der Waals surface area contributed by atoms with Gasteiger partial charge in [0.2, 0.25) is 0 Å². The summed E-state index contributed by atoms with van der Waals surface area (Å²) in [5, 5.41) is 33.0. The van der Waals surface area contributed by atoms with Crippen molar-refractivity contribution in [1.82, 2.24) is 10.6 Å². The molecule has 2 unspecified atom stereocenters. The molecule has 27 heavy (non-hydrogen) atoms. The monoisotopic (exact) mass is 384 g/mol. The van der Waals surface area contributed by atoms with Crippen LogP contribution in [0.3, 0.4) is 0 Å². The Morgan fingerprint density at radius 3 is 2.11 bits per heavy atom. The second-order valence-corrected chi connectivity index (χ2v) is 5.51. The lowest BCUT2D eigenvalue weighted by Gasteiger charge is -2.12. The molecule has 7 nitrogen and oxygen atoms in total. The normalized spacial score (nSPS) is 16.9. The van der Waals surface area contributed by atoms with Crippen LogP contribution in [0.1, 0.15) is 31.6 Å². The Kier molecular flexibility index (Phi) is 7.19. The molecule has 0 saturated carbocycles. The highest BCUT2D eigenvalue weighted by molar-refractivity contribution is 5.30. The molecule has 2 atom stereocenters. The summed E-state index contributed by atoms with van der Waals surface area (Å²) in [6, 6.07) is 12.9. The first kappa shape index (κ1) is 14.8. The Balaban J connectivity index is 0.000000335. The lowest BCUT2D eigenvalue weighted by atomic mass is 10.1. The smallest absolute Gasteiger partial charge is 0.188 e. The van der Waals surface area contributed by atoms with Crippen LogP contribution >= 0.6 is 0 Å². The van der Waals surface area contributed by atoms with Crippen molar-refractivity contribution >= 4 is 0 Å². The van der Waals surface area contributed by atoms with Gasteiger partial charge >= 0.3 is 0 Å². The summed E-state index contributed by atoms with van der Waals surface area (Å²) >= 11 is 0. The van der Waals surface area contributed by atoms with Crippen LogP contribution in [0.2, 0.25) is 0 Å². The minimum absolute atomic E-state index is 0.0421. The van der Waals surface area contributed by atoms with Crippen LogP contribution in [0.5, 0.6) is 11.5 Å². The third-order valence-corrected chi connectivity index (χ3v) is 3.43. The maximum absolute atomic E-state index is 9.83. The first-order valence-corrected chi connectivity index (χ1v) is 8.17. The number of likely N-dealkylation sites (N-methyl/N-ethyl adjacent to an activating group) is 2. The molecule has 0 heterocycles. The zero-order chi connectivity index (χ0) is 25.1. The van der Waals surface area contributed by atoms with Gasteiger partial charge in [-0.15, -0.1) is 0 Å². The van der Waals surface area contributed by atoms with Crippen LogP contribution in [0.25, 0.3) is 0 Å². The van der Waals surface area contributed by atoms with E-state index >= 15 is 0 Å². The number of methoxy groups -OCH3 is 1. The van der Waals surface area contributed by atoms with E-state index in [2.05, 4.69) is 10.6 Å². The number of benzene rings is 2. The molecule has 0 saturated heterocycles. The van der Waals surface area contributed by atoms with E-state index in [0.29, 0.717) is 16.9 Å². The number of rotatable bonds is 9. The molecule has 2 rings (SSSR count). The molecule has 0 aromatic heterocycles. The van der Waals surface area contributed by atoms with E-state index in [1.165, 1.54) is 19.2 Å². The molecule has 2 aromatic carbocycles. The largest absolute Gasteiger partial charge is 0.508 e. The number of aliphatic hydroxyl groups is 2. The van der Waals surface area contributed by atoms with Crippen LogP contribution in [-0.4, -0.2) is 56.3 Å². The molecular weight excluding hydrogens is 348 g/mol. The van der Waals surface area contributed by atoms with Crippen LogP contribution in [0.4, 0.5) is 0 Å². The van der Waals surface area contributed by atoms with Gasteiger partial charge in [-0.1, -0.05) is 24.3 Å². The van der Waals surface area contributed by atoms with Crippen molar-refractivity contribution in [3.8, 4) is 11.5 Å². The summed E-state index contributed by atoms with van der Waals surface area (Å²) in [5.41, 5.74) is 1.06. The summed E-state index contributed by atoms with van der Waals surface area (Å²) in [5.74, 6) is 0.600. The lowest BCUT2D eigenvalue weighted by molar-refractivity contribution is 0.0508. The summed E-state index contributed by atoms with van der Waals surface area (Å²) in [4.78, 5) is 0. The number of aliphatic hydroxyl groups excluding tert-OH is 2. The third-order valence-electron chi connectivity index (χ3n) is 3.43. The van der Waals surface area contributed by atoms with Crippen LogP contribution < -0.4 is 15.4 Å². The zero-order valence-corrected chi connectivity index (χ0v) is 15.1. The molecule has 0 fully saturated rings. The second kappa shape index (κ2) is 13.1. The molecule has 0 aliphatic heterocycles. The van der Waals surface area contributed by atoms with Gasteiger partial charge in [-0.05, 0) is 49.3 Å². The maximum Gasteiger partial charge on any atom is 0.188 e. The average molecular weight is 385 g/mol. The van der Waals surface area contributed by atoms with Gasteiger partial charge in [0.1, 0.15) is 11.5 Å². The van der Waals surface area contributed by atoms with Crippen molar-refractivity contribution in [2.75, 3.05) is 40.9 Å².